The Hall–Kier alpha value is -1.72. The molecule has 1 aromatic carbocycles. The van der Waals surface area contributed by atoms with Gasteiger partial charge in [-0.25, -0.2) is 0 Å². The lowest BCUT2D eigenvalue weighted by Crippen LogP contribution is -2.24. The Labute approximate surface area is 112 Å². The van der Waals surface area contributed by atoms with E-state index in [9.17, 15) is 0 Å². The van der Waals surface area contributed by atoms with E-state index in [-0.39, 0.29) is 0 Å². The molecule has 1 aliphatic heterocycles. The number of rotatable bonds is 4. The Morgan fingerprint density at radius 2 is 2.16 bits per heavy atom. The summed E-state index contributed by atoms with van der Waals surface area (Å²) in [6, 6.07) is 6.48. The Balaban J connectivity index is 1.82. The molecule has 19 heavy (non-hydrogen) atoms. The Kier molecular flexibility index (Phi) is 3.31. The lowest BCUT2D eigenvalue weighted by molar-refractivity contribution is 0.134. The molecule has 0 bridgehead atoms. The van der Waals surface area contributed by atoms with Gasteiger partial charge in [-0.2, -0.15) is 4.98 Å². The SMILES string of the molecule is CNC(C)Cc1noc(-c2ccc3c(c2)COC3)n1. The van der Waals surface area contributed by atoms with Crippen LogP contribution in [-0.4, -0.2) is 23.2 Å². The summed E-state index contributed by atoms with van der Waals surface area (Å²) in [5, 5.41) is 7.17. The van der Waals surface area contributed by atoms with Gasteiger partial charge in [0.25, 0.3) is 5.89 Å². The lowest BCUT2D eigenvalue weighted by atomic mass is 10.1. The maximum Gasteiger partial charge on any atom is 0.257 e. The summed E-state index contributed by atoms with van der Waals surface area (Å²) in [6.07, 6.45) is 0.758. The molecule has 2 aromatic rings. The minimum absolute atomic E-state index is 0.332. The maximum atomic E-state index is 5.40. The van der Waals surface area contributed by atoms with Crippen molar-refractivity contribution in [1.29, 1.82) is 0 Å². The van der Waals surface area contributed by atoms with Crippen LogP contribution in [0.3, 0.4) is 0 Å². The summed E-state index contributed by atoms with van der Waals surface area (Å²) >= 11 is 0. The highest BCUT2D eigenvalue weighted by molar-refractivity contribution is 5.56. The van der Waals surface area contributed by atoms with Crippen LogP contribution in [0.4, 0.5) is 0 Å². The van der Waals surface area contributed by atoms with E-state index in [4.69, 9.17) is 9.26 Å². The van der Waals surface area contributed by atoms with Gasteiger partial charge in [0, 0.05) is 18.0 Å². The highest BCUT2D eigenvalue weighted by Crippen LogP contribution is 2.26. The quantitative estimate of drug-likeness (QED) is 0.909. The number of nitrogens with zero attached hydrogens (tertiary/aromatic N) is 2. The van der Waals surface area contributed by atoms with Gasteiger partial charge >= 0.3 is 0 Å². The van der Waals surface area contributed by atoms with Crippen LogP contribution in [0, 0.1) is 0 Å². The van der Waals surface area contributed by atoms with E-state index < -0.39 is 0 Å². The van der Waals surface area contributed by atoms with Gasteiger partial charge in [0.05, 0.1) is 13.2 Å². The minimum atomic E-state index is 0.332. The van der Waals surface area contributed by atoms with Crippen molar-refractivity contribution in [2.45, 2.75) is 32.6 Å². The van der Waals surface area contributed by atoms with Gasteiger partial charge in [0.15, 0.2) is 5.82 Å². The molecule has 2 heterocycles. The number of benzene rings is 1. The van der Waals surface area contributed by atoms with Crippen molar-refractivity contribution in [1.82, 2.24) is 15.5 Å². The first-order valence-corrected chi connectivity index (χ1v) is 6.46. The fourth-order valence-electron chi connectivity index (χ4n) is 2.14. The molecule has 100 valence electrons. The predicted molar refractivity (Wildman–Crippen MR) is 70.5 cm³/mol. The average Bonchev–Trinajstić information content (AvgIpc) is 3.05. The van der Waals surface area contributed by atoms with Crippen LogP contribution in [0.25, 0.3) is 11.5 Å². The molecule has 1 N–H and O–H groups in total. The number of likely N-dealkylation sites (N-methyl/N-ethyl adjacent to an activating group) is 1. The normalized spacial score (nSPS) is 15.5. The Morgan fingerprint density at radius 3 is 3.00 bits per heavy atom. The van der Waals surface area contributed by atoms with Crippen LogP contribution < -0.4 is 5.32 Å². The van der Waals surface area contributed by atoms with Crippen molar-refractivity contribution < 1.29 is 9.26 Å². The third-order valence-electron chi connectivity index (χ3n) is 3.42. The summed E-state index contributed by atoms with van der Waals surface area (Å²) in [4.78, 5) is 4.44. The van der Waals surface area contributed by atoms with Crippen molar-refractivity contribution in [3.05, 3.63) is 35.2 Å². The average molecular weight is 259 g/mol. The molecule has 0 fully saturated rings. The van der Waals surface area contributed by atoms with Crippen LogP contribution in [0.1, 0.15) is 23.9 Å². The fourth-order valence-corrected chi connectivity index (χ4v) is 2.14. The molecule has 0 saturated heterocycles. The molecule has 1 aliphatic rings. The summed E-state index contributed by atoms with van der Waals surface area (Å²) in [7, 11) is 1.92. The topological polar surface area (TPSA) is 60.2 Å². The van der Waals surface area contributed by atoms with E-state index in [0.29, 0.717) is 25.1 Å². The zero-order chi connectivity index (χ0) is 13.2. The first-order valence-electron chi connectivity index (χ1n) is 6.46. The summed E-state index contributed by atoms with van der Waals surface area (Å²) in [6.45, 7) is 3.45. The fraction of sp³-hybridized carbons (Fsp3) is 0.429. The van der Waals surface area contributed by atoms with E-state index in [2.05, 4.69) is 34.5 Å². The number of fused-ring (bicyclic) bond motifs is 1. The molecule has 0 aliphatic carbocycles. The van der Waals surface area contributed by atoms with Crippen molar-refractivity contribution in [3.63, 3.8) is 0 Å². The third-order valence-corrected chi connectivity index (χ3v) is 3.42. The van der Waals surface area contributed by atoms with Gasteiger partial charge < -0.3 is 14.6 Å². The Bertz CT molecular complexity index is 580. The first kappa shape index (κ1) is 12.3. The van der Waals surface area contributed by atoms with Crippen molar-refractivity contribution in [2.24, 2.45) is 0 Å². The number of nitrogens with one attached hydrogen (secondary N) is 1. The maximum absolute atomic E-state index is 5.40. The molecular weight excluding hydrogens is 242 g/mol. The van der Waals surface area contributed by atoms with Crippen molar-refractivity contribution in [2.75, 3.05) is 7.05 Å². The van der Waals surface area contributed by atoms with Gasteiger partial charge in [-0.05, 0) is 37.2 Å². The zero-order valence-electron chi connectivity index (χ0n) is 11.1. The molecule has 1 aromatic heterocycles. The zero-order valence-corrected chi connectivity index (χ0v) is 11.1. The lowest BCUT2D eigenvalue weighted by Gasteiger charge is -2.04. The van der Waals surface area contributed by atoms with Gasteiger partial charge in [-0.3, -0.25) is 0 Å². The predicted octanol–water partition coefficient (Wildman–Crippen LogP) is 1.92. The Morgan fingerprint density at radius 1 is 1.32 bits per heavy atom. The molecule has 3 rings (SSSR count). The van der Waals surface area contributed by atoms with Crippen molar-refractivity contribution >= 4 is 0 Å². The number of hydrogen-bond donors (Lipinski definition) is 1. The molecule has 0 amide bonds. The largest absolute Gasteiger partial charge is 0.372 e. The van der Waals surface area contributed by atoms with E-state index in [0.717, 1.165) is 17.8 Å². The summed E-state index contributed by atoms with van der Waals surface area (Å²) in [5.74, 6) is 1.31. The molecule has 0 spiro atoms. The first-order chi connectivity index (χ1) is 9.26. The molecule has 1 atom stereocenters. The van der Waals surface area contributed by atoms with Crippen molar-refractivity contribution in [3.8, 4) is 11.5 Å². The molecule has 0 saturated carbocycles. The van der Waals surface area contributed by atoms with Gasteiger partial charge in [-0.15, -0.1) is 0 Å². The van der Waals surface area contributed by atoms with E-state index >= 15 is 0 Å². The van der Waals surface area contributed by atoms with Crippen LogP contribution >= 0.6 is 0 Å². The molecule has 5 nitrogen and oxygen atoms in total. The molecule has 0 radical (unpaired) electrons. The van der Waals surface area contributed by atoms with Gasteiger partial charge in [0.1, 0.15) is 0 Å². The number of ether oxygens (including phenoxy) is 1. The third kappa shape index (κ3) is 2.52. The highest BCUT2D eigenvalue weighted by atomic mass is 16.5. The smallest absolute Gasteiger partial charge is 0.257 e. The molecular formula is C14H17N3O2. The van der Waals surface area contributed by atoms with E-state index in [1.54, 1.807) is 0 Å². The van der Waals surface area contributed by atoms with E-state index in [1.807, 2.05) is 13.1 Å². The summed E-state index contributed by atoms with van der Waals surface area (Å²) in [5.41, 5.74) is 3.41. The second-order valence-electron chi connectivity index (χ2n) is 4.89. The second-order valence-corrected chi connectivity index (χ2v) is 4.89. The minimum Gasteiger partial charge on any atom is -0.372 e. The molecule has 5 heteroatoms. The van der Waals surface area contributed by atoms with E-state index in [1.165, 1.54) is 11.1 Å². The number of hydrogen-bond acceptors (Lipinski definition) is 5. The standard InChI is InChI=1S/C14H17N3O2/c1-9(15-2)5-13-16-14(19-17-13)10-3-4-11-7-18-8-12(11)6-10/h3-4,6,9,15H,5,7-8H2,1-2H3. The van der Waals surface area contributed by atoms with Crippen LogP contribution in [0.5, 0.6) is 0 Å². The van der Waals surface area contributed by atoms with Gasteiger partial charge in [-0.1, -0.05) is 11.2 Å². The van der Waals surface area contributed by atoms with Gasteiger partial charge in [0.2, 0.25) is 0 Å². The van der Waals surface area contributed by atoms with Crippen LogP contribution in [0.15, 0.2) is 22.7 Å². The number of aromatic nitrogens is 2. The molecule has 1 unspecified atom stereocenters. The highest BCUT2D eigenvalue weighted by Gasteiger charge is 2.15. The van der Waals surface area contributed by atoms with Crippen LogP contribution in [-0.2, 0) is 24.4 Å². The summed E-state index contributed by atoms with van der Waals surface area (Å²) < 4.78 is 10.7. The second kappa shape index (κ2) is 5.11. The monoisotopic (exact) mass is 259 g/mol. The van der Waals surface area contributed by atoms with Crippen LogP contribution in [0.2, 0.25) is 0 Å².